The number of fused-ring (bicyclic) bond motifs is 1. The first kappa shape index (κ1) is 13.7. The van der Waals surface area contributed by atoms with Gasteiger partial charge in [-0.2, -0.15) is 0 Å². The number of carboxylic acid groups (broad SMARTS) is 1. The second kappa shape index (κ2) is 4.87. The van der Waals surface area contributed by atoms with Crippen molar-refractivity contribution in [3.63, 3.8) is 0 Å². The average Bonchev–Trinajstić information content (AvgIpc) is 2.15. The monoisotopic (exact) mass is 252 g/mol. The fourth-order valence-electron chi connectivity index (χ4n) is 1.72. The second-order valence-corrected chi connectivity index (χ2v) is 4.46. The Labute approximate surface area is 134 Å². The van der Waals surface area contributed by atoms with Gasteiger partial charge in [-0.25, -0.2) is 0 Å². The molecule has 2 aliphatic rings. The van der Waals surface area contributed by atoms with Crippen LogP contribution >= 0.6 is 11.8 Å². The third-order valence-corrected chi connectivity index (χ3v) is 3.85. The standard InChI is InChI=1S/C8H10N2O3S.K/c1-3-2-14-7-4(9)6(11)10(7)5(3)8(12)13;/h4-5,7H,1-2,9H2,(H,12,13);/q;+1/p-1/t4?,5?,7-;/m0./s1. The number of hydrogen-bond donors (Lipinski definition) is 1. The molecule has 1 amide bonds. The second-order valence-electron chi connectivity index (χ2n) is 3.35. The van der Waals surface area contributed by atoms with E-state index in [4.69, 9.17) is 5.73 Å². The number of rotatable bonds is 1. The zero-order valence-electron chi connectivity index (χ0n) is 8.30. The van der Waals surface area contributed by atoms with Crippen LogP contribution in [0.2, 0.25) is 0 Å². The molecule has 7 heteroatoms. The van der Waals surface area contributed by atoms with Crippen LogP contribution < -0.4 is 62.2 Å². The predicted octanol–water partition coefficient (Wildman–Crippen LogP) is -5.09. The Morgan fingerprint density at radius 3 is 2.80 bits per heavy atom. The Kier molecular flexibility index (Phi) is 4.44. The number of carbonyl (C=O) groups excluding carboxylic acids is 2. The average molecular weight is 252 g/mol. The fraction of sp³-hybridized carbons (Fsp3) is 0.500. The summed E-state index contributed by atoms with van der Waals surface area (Å²) in [6, 6.07) is -1.57. The summed E-state index contributed by atoms with van der Waals surface area (Å²) < 4.78 is 0. The van der Waals surface area contributed by atoms with Gasteiger partial charge in [-0.1, -0.05) is 6.58 Å². The first-order valence-electron chi connectivity index (χ1n) is 4.12. The number of hydrogen-bond acceptors (Lipinski definition) is 5. The summed E-state index contributed by atoms with van der Waals surface area (Å²) >= 11 is 1.44. The number of nitrogens with zero attached hydrogens (tertiary/aromatic N) is 1. The van der Waals surface area contributed by atoms with Gasteiger partial charge >= 0.3 is 51.4 Å². The van der Waals surface area contributed by atoms with Crippen LogP contribution in [-0.2, 0) is 9.59 Å². The fourth-order valence-corrected chi connectivity index (χ4v) is 2.97. The Hall–Kier alpha value is 0.626. The molecule has 0 bridgehead atoms. The SMILES string of the molecule is C=C1CS[C@H]2C(N)C(=O)N2C1C(=O)[O-].[K+]. The third kappa shape index (κ3) is 2.06. The van der Waals surface area contributed by atoms with Gasteiger partial charge in [0.25, 0.3) is 0 Å². The van der Waals surface area contributed by atoms with Gasteiger partial charge in [0.15, 0.2) is 0 Å². The van der Waals surface area contributed by atoms with E-state index < -0.39 is 18.1 Å². The Morgan fingerprint density at radius 1 is 1.67 bits per heavy atom. The van der Waals surface area contributed by atoms with E-state index in [-0.39, 0.29) is 62.7 Å². The molecule has 2 aliphatic heterocycles. The van der Waals surface area contributed by atoms with Crippen LogP contribution in [0.25, 0.3) is 0 Å². The van der Waals surface area contributed by atoms with Crippen molar-refractivity contribution < 1.29 is 66.1 Å². The van der Waals surface area contributed by atoms with Gasteiger partial charge in [-0.05, 0) is 5.57 Å². The molecular weight excluding hydrogens is 243 g/mol. The predicted molar refractivity (Wildman–Crippen MR) is 49.0 cm³/mol. The number of thioether (sulfide) groups is 1. The Bertz CT molecular complexity index is 336. The van der Waals surface area contributed by atoms with Crippen molar-refractivity contribution in [2.45, 2.75) is 17.5 Å². The molecule has 0 radical (unpaired) electrons. The summed E-state index contributed by atoms with van der Waals surface area (Å²) in [5.41, 5.74) is 6.02. The number of β-lactam (4-membered cyclic amide) rings is 1. The largest absolute Gasteiger partial charge is 1.00 e. The summed E-state index contributed by atoms with van der Waals surface area (Å²) in [6.45, 7) is 3.62. The molecule has 0 aromatic heterocycles. The van der Waals surface area contributed by atoms with Crippen molar-refractivity contribution in [1.29, 1.82) is 0 Å². The minimum atomic E-state index is -1.28. The van der Waals surface area contributed by atoms with E-state index in [0.717, 1.165) is 0 Å². The topological polar surface area (TPSA) is 86.5 Å². The normalized spacial score (nSPS) is 33.9. The van der Waals surface area contributed by atoms with Gasteiger partial charge in [0.2, 0.25) is 5.91 Å². The zero-order chi connectivity index (χ0) is 10.5. The molecule has 76 valence electrons. The number of carbonyl (C=O) groups is 2. The minimum Gasteiger partial charge on any atom is -0.548 e. The Morgan fingerprint density at radius 2 is 2.27 bits per heavy atom. The van der Waals surface area contributed by atoms with Crippen LogP contribution in [0.1, 0.15) is 0 Å². The van der Waals surface area contributed by atoms with Gasteiger partial charge in [-0.3, -0.25) is 4.79 Å². The first-order chi connectivity index (χ1) is 6.54. The maximum Gasteiger partial charge on any atom is 1.00 e. The maximum atomic E-state index is 11.3. The molecule has 5 nitrogen and oxygen atoms in total. The molecule has 0 aliphatic carbocycles. The van der Waals surface area contributed by atoms with Crippen molar-refractivity contribution in [3.8, 4) is 0 Å². The van der Waals surface area contributed by atoms with Gasteiger partial charge in [0.05, 0.1) is 12.0 Å². The maximum absolute atomic E-state index is 11.3. The van der Waals surface area contributed by atoms with Gasteiger partial charge in [0, 0.05) is 5.75 Å². The summed E-state index contributed by atoms with van der Waals surface area (Å²) in [5.74, 6) is -1.10. The smallest absolute Gasteiger partial charge is 0.548 e. The molecule has 2 saturated heterocycles. The van der Waals surface area contributed by atoms with Crippen molar-refractivity contribution in [3.05, 3.63) is 12.2 Å². The molecular formula is C8H9KN2O3S. The van der Waals surface area contributed by atoms with E-state index in [9.17, 15) is 14.7 Å². The van der Waals surface area contributed by atoms with Crippen LogP contribution in [0.5, 0.6) is 0 Å². The van der Waals surface area contributed by atoms with Crippen LogP contribution in [0.15, 0.2) is 12.2 Å². The summed E-state index contributed by atoms with van der Waals surface area (Å²) in [6.07, 6.45) is 0. The van der Waals surface area contributed by atoms with E-state index in [1.807, 2.05) is 0 Å². The molecule has 0 aromatic carbocycles. The first-order valence-corrected chi connectivity index (χ1v) is 5.17. The Balaban J connectivity index is 0.00000112. The third-order valence-electron chi connectivity index (χ3n) is 2.45. The summed E-state index contributed by atoms with van der Waals surface area (Å²) in [4.78, 5) is 23.3. The molecule has 0 aromatic rings. The number of carboxylic acids is 1. The van der Waals surface area contributed by atoms with Crippen molar-refractivity contribution in [2.75, 3.05) is 5.75 Å². The zero-order valence-corrected chi connectivity index (χ0v) is 12.2. The number of aliphatic carboxylic acids is 1. The van der Waals surface area contributed by atoms with E-state index in [1.165, 1.54) is 16.7 Å². The van der Waals surface area contributed by atoms with E-state index in [2.05, 4.69) is 6.58 Å². The van der Waals surface area contributed by atoms with Gasteiger partial charge < -0.3 is 20.5 Å². The molecule has 0 saturated carbocycles. The van der Waals surface area contributed by atoms with Crippen molar-refractivity contribution >= 4 is 23.6 Å². The van der Waals surface area contributed by atoms with Crippen LogP contribution in [0.3, 0.4) is 0 Å². The summed E-state index contributed by atoms with van der Waals surface area (Å²) in [5, 5.41) is 10.6. The molecule has 15 heavy (non-hydrogen) atoms. The van der Waals surface area contributed by atoms with Crippen molar-refractivity contribution in [2.24, 2.45) is 5.73 Å². The molecule has 2 N–H and O–H groups in total. The molecule has 3 atom stereocenters. The molecule has 2 unspecified atom stereocenters. The number of nitrogens with two attached hydrogens (primary N) is 1. The van der Waals surface area contributed by atoms with E-state index in [1.54, 1.807) is 0 Å². The summed E-state index contributed by atoms with van der Waals surface area (Å²) in [7, 11) is 0. The quantitative estimate of drug-likeness (QED) is 0.287. The van der Waals surface area contributed by atoms with Crippen LogP contribution in [-0.4, -0.2) is 40.0 Å². The molecule has 0 spiro atoms. The molecule has 2 rings (SSSR count). The van der Waals surface area contributed by atoms with Crippen molar-refractivity contribution in [1.82, 2.24) is 4.90 Å². The molecule has 2 fully saturated rings. The van der Waals surface area contributed by atoms with E-state index >= 15 is 0 Å². The van der Waals surface area contributed by atoms with Crippen LogP contribution in [0, 0.1) is 0 Å². The van der Waals surface area contributed by atoms with Crippen LogP contribution in [0.4, 0.5) is 0 Å². The molecule has 2 heterocycles. The van der Waals surface area contributed by atoms with E-state index in [0.29, 0.717) is 11.3 Å². The minimum absolute atomic E-state index is 0. The van der Waals surface area contributed by atoms with Gasteiger partial charge in [0.1, 0.15) is 11.4 Å². The van der Waals surface area contributed by atoms with Gasteiger partial charge in [-0.15, -0.1) is 11.8 Å². The number of amides is 1.